The molecule has 0 unspecified atom stereocenters. The van der Waals surface area contributed by atoms with Crippen molar-refractivity contribution in [2.75, 3.05) is 0 Å². The van der Waals surface area contributed by atoms with E-state index in [0.29, 0.717) is 0 Å². The standard InChI is InChI=1S/C50H34N2/c1-3-17-39(18-4-1)51-47-25-13-11-23-43(47)45-33-37(29-31-49(45)51)41-21-9-7-15-35(41)27-28-36-16-8-10-22-42(36)38-30-32-50-46(34-38)44-24-12-14-26-48(44)52(50)40-19-5-2-6-20-40/h1-34H/b28-27+. The summed E-state index contributed by atoms with van der Waals surface area (Å²) >= 11 is 0. The van der Waals surface area contributed by atoms with E-state index in [9.17, 15) is 0 Å². The van der Waals surface area contributed by atoms with E-state index in [1.165, 1.54) is 88.4 Å². The molecule has 0 spiro atoms. The smallest absolute Gasteiger partial charge is 0.0541 e. The van der Waals surface area contributed by atoms with Crippen LogP contribution in [-0.4, -0.2) is 9.13 Å². The molecule has 2 nitrogen and oxygen atoms in total. The first kappa shape index (κ1) is 30.0. The molecule has 2 heterocycles. The minimum atomic E-state index is 1.17. The lowest BCUT2D eigenvalue weighted by Crippen LogP contribution is -1.93. The van der Waals surface area contributed by atoms with Crippen LogP contribution in [0.5, 0.6) is 0 Å². The molecule has 0 radical (unpaired) electrons. The Kier molecular flexibility index (Phi) is 7.18. The van der Waals surface area contributed by atoms with Crippen LogP contribution in [0.1, 0.15) is 11.1 Å². The Morgan fingerprint density at radius 3 is 1.12 bits per heavy atom. The van der Waals surface area contributed by atoms with Crippen LogP contribution in [0.2, 0.25) is 0 Å². The molecule has 0 atom stereocenters. The zero-order chi connectivity index (χ0) is 34.4. The zero-order valence-corrected chi connectivity index (χ0v) is 28.5. The Bertz CT molecular complexity index is 2740. The number of aromatic nitrogens is 2. The quantitative estimate of drug-likeness (QED) is 0.157. The fourth-order valence-corrected chi connectivity index (χ4v) is 7.98. The molecular formula is C50H34N2. The predicted molar refractivity (Wildman–Crippen MR) is 221 cm³/mol. The van der Waals surface area contributed by atoms with E-state index in [1.807, 2.05) is 0 Å². The average molecular weight is 663 g/mol. The van der Waals surface area contributed by atoms with Crippen LogP contribution in [0.4, 0.5) is 0 Å². The molecule has 0 aliphatic carbocycles. The molecule has 0 bridgehead atoms. The van der Waals surface area contributed by atoms with Gasteiger partial charge in [0, 0.05) is 32.9 Å². The fraction of sp³-hybridized carbons (Fsp3) is 0. The Balaban J connectivity index is 1.06. The van der Waals surface area contributed by atoms with Gasteiger partial charge in [0.1, 0.15) is 0 Å². The summed E-state index contributed by atoms with van der Waals surface area (Å²) in [6.45, 7) is 0. The van der Waals surface area contributed by atoms with E-state index < -0.39 is 0 Å². The SMILES string of the molecule is C(=C\c1ccccc1-c1ccc2c(c1)c1ccccc1n2-c1ccccc1)/c1ccccc1-c1ccc2c(c1)c1ccccc1n2-c1ccccc1. The highest BCUT2D eigenvalue weighted by atomic mass is 15.0. The Morgan fingerprint density at radius 2 is 0.654 bits per heavy atom. The van der Waals surface area contributed by atoms with Gasteiger partial charge < -0.3 is 9.13 Å². The fourth-order valence-electron chi connectivity index (χ4n) is 7.98. The first-order valence-electron chi connectivity index (χ1n) is 17.9. The van der Waals surface area contributed by atoms with Crippen molar-refractivity contribution in [3.05, 3.63) is 205 Å². The molecule has 0 saturated carbocycles. The molecule has 0 aliphatic heterocycles. The molecule has 0 fully saturated rings. The van der Waals surface area contributed by atoms with Gasteiger partial charge in [-0.2, -0.15) is 0 Å². The number of hydrogen-bond acceptors (Lipinski definition) is 0. The molecule has 52 heavy (non-hydrogen) atoms. The number of hydrogen-bond donors (Lipinski definition) is 0. The molecule has 0 aliphatic rings. The van der Waals surface area contributed by atoms with Crippen molar-refractivity contribution in [1.29, 1.82) is 0 Å². The van der Waals surface area contributed by atoms with Gasteiger partial charge in [-0.15, -0.1) is 0 Å². The summed E-state index contributed by atoms with van der Waals surface area (Å²) in [4.78, 5) is 0. The van der Waals surface area contributed by atoms with Crippen molar-refractivity contribution in [2.45, 2.75) is 0 Å². The van der Waals surface area contributed by atoms with Crippen LogP contribution < -0.4 is 0 Å². The van der Waals surface area contributed by atoms with E-state index in [4.69, 9.17) is 0 Å². The molecule has 2 heteroatoms. The van der Waals surface area contributed by atoms with Gasteiger partial charge in [0.25, 0.3) is 0 Å². The predicted octanol–water partition coefficient (Wildman–Crippen LogP) is 13.4. The molecule has 0 saturated heterocycles. The minimum Gasteiger partial charge on any atom is -0.309 e. The largest absolute Gasteiger partial charge is 0.309 e. The van der Waals surface area contributed by atoms with Crippen LogP contribution in [0, 0.1) is 0 Å². The summed E-state index contributed by atoms with van der Waals surface area (Å²) in [5, 5.41) is 5.03. The topological polar surface area (TPSA) is 9.86 Å². The lowest BCUT2D eigenvalue weighted by molar-refractivity contribution is 1.18. The third-order valence-electron chi connectivity index (χ3n) is 10.4. The summed E-state index contributed by atoms with van der Waals surface area (Å²) < 4.78 is 4.74. The summed E-state index contributed by atoms with van der Waals surface area (Å²) in [6, 6.07) is 70.0. The third-order valence-corrected chi connectivity index (χ3v) is 10.4. The van der Waals surface area contributed by atoms with Crippen LogP contribution in [-0.2, 0) is 0 Å². The second-order valence-corrected chi connectivity index (χ2v) is 13.3. The summed E-state index contributed by atoms with van der Waals surface area (Å²) in [5.41, 5.74) is 14.4. The highest BCUT2D eigenvalue weighted by molar-refractivity contribution is 6.12. The third kappa shape index (κ3) is 4.96. The first-order chi connectivity index (χ1) is 25.8. The molecular weight excluding hydrogens is 629 g/mol. The van der Waals surface area contributed by atoms with Gasteiger partial charge in [-0.05, 0) is 94.0 Å². The van der Waals surface area contributed by atoms with E-state index >= 15 is 0 Å². The van der Waals surface area contributed by atoms with E-state index in [1.54, 1.807) is 0 Å². The maximum atomic E-state index is 2.37. The van der Waals surface area contributed by atoms with Crippen molar-refractivity contribution >= 4 is 55.8 Å². The lowest BCUT2D eigenvalue weighted by atomic mass is 9.95. The molecule has 0 N–H and O–H groups in total. The second kappa shape index (κ2) is 12.5. The van der Waals surface area contributed by atoms with Crippen LogP contribution in [0.3, 0.4) is 0 Å². The number of rotatable bonds is 6. The van der Waals surface area contributed by atoms with Crippen molar-refractivity contribution in [3.63, 3.8) is 0 Å². The minimum absolute atomic E-state index is 1.17. The maximum Gasteiger partial charge on any atom is 0.0541 e. The van der Waals surface area contributed by atoms with Gasteiger partial charge in [0.2, 0.25) is 0 Å². The number of benzene rings is 8. The lowest BCUT2D eigenvalue weighted by Gasteiger charge is -2.11. The van der Waals surface area contributed by atoms with Gasteiger partial charge in [-0.1, -0.05) is 146 Å². The van der Waals surface area contributed by atoms with Crippen LogP contribution >= 0.6 is 0 Å². The van der Waals surface area contributed by atoms with Gasteiger partial charge >= 0.3 is 0 Å². The monoisotopic (exact) mass is 662 g/mol. The summed E-state index contributed by atoms with van der Waals surface area (Å²) in [6.07, 6.45) is 4.54. The maximum absolute atomic E-state index is 2.37. The average Bonchev–Trinajstić information content (AvgIpc) is 3.73. The summed E-state index contributed by atoms with van der Waals surface area (Å²) in [7, 11) is 0. The Morgan fingerprint density at radius 1 is 0.288 bits per heavy atom. The molecule has 8 aromatic carbocycles. The second-order valence-electron chi connectivity index (χ2n) is 13.3. The van der Waals surface area contributed by atoms with E-state index in [0.717, 1.165) is 0 Å². The highest BCUT2D eigenvalue weighted by Gasteiger charge is 2.15. The number of nitrogens with zero attached hydrogens (tertiary/aromatic N) is 2. The van der Waals surface area contributed by atoms with Crippen LogP contribution in [0.15, 0.2) is 194 Å². The first-order valence-corrected chi connectivity index (χ1v) is 17.9. The van der Waals surface area contributed by atoms with Gasteiger partial charge in [-0.25, -0.2) is 0 Å². The van der Waals surface area contributed by atoms with Crippen molar-refractivity contribution in [1.82, 2.24) is 9.13 Å². The van der Waals surface area contributed by atoms with E-state index in [-0.39, 0.29) is 0 Å². The van der Waals surface area contributed by atoms with Crippen LogP contribution in [0.25, 0.3) is 89.4 Å². The molecule has 10 aromatic rings. The molecule has 0 amide bonds. The van der Waals surface area contributed by atoms with Crippen molar-refractivity contribution in [3.8, 4) is 33.6 Å². The normalized spacial score (nSPS) is 11.8. The van der Waals surface area contributed by atoms with E-state index in [2.05, 4.69) is 215 Å². The van der Waals surface area contributed by atoms with Crippen molar-refractivity contribution < 1.29 is 0 Å². The van der Waals surface area contributed by atoms with Gasteiger partial charge in [-0.3, -0.25) is 0 Å². The zero-order valence-electron chi connectivity index (χ0n) is 28.5. The molecule has 244 valence electrons. The summed E-state index contributed by atoms with van der Waals surface area (Å²) in [5.74, 6) is 0. The Hall–Kier alpha value is -6.90. The van der Waals surface area contributed by atoms with Gasteiger partial charge in [0.15, 0.2) is 0 Å². The molecule has 10 rings (SSSR count). The highest BCUT2D eigenvalue weighted by Crippen LogP contribution is 2.38. The number of fused-ring (bicyclic) bond motifs is 6. The number of para-hydroxylation sites is 4. The molecule has 2 aromatic heterocycles. The Labute approximate surface area is 302 Å². The van der Waals surface area contributed by atoms with Gasteiger partial charge in [0.05, 0.1) is 22.1 Å². The van der Waals surface area contributed by atoms with Crippen molar-refractivity contribution in [2.24, 2.45) is 0 Å².